The van der Waals surface area contributed by atoms with E-state index < -0.39 is 5.60 Å². The summed E-state index contributed by atoms with van der Waals surface area (Å²) in [6.45, 7) is 3.75. The zero-order chi connectivity index (χ0) is 16.3. The van der Waals surface area contributed by atoms with E-state index in [1.807, 2.05) is 16.1 Å². The largest absolute Gasteiger partial charge is 0.388 e. The van der Waals surface area contributed by atoms with Crippen LogP contribution in [0.1, 0.15) is 41.7 Å². The lowest BCUT2D eigenvalue weighted by Gasteiger charge is -2.38. The van der Waals surface area contributed by atoms with Crippen LogP contribution in [0.3, 0.4) is 0 Å². The van der Waals surface area contributed by atoms with Crippen molar-refractivity contribution >= 4 is 17.2 Å². The highest BCUT2D eigenvalue weighted by molar-refractivity contribution is 7.09. The standard InChI is InChI=1S/C16H22N4O2S/c1-2-3-14-18-13(10-23-14)15(21)20-7-4-16(22,5-8-20)11-19-9-6-17-12-19/h6,9-10,12,22H,2-5,7-8,11H2,1H3. The van der Waals surface area contributed by atoms with E-state index in [2.05, 4.69) is 16.9 Å². The average molecular weight is 334 g/mol. The number of amides is 1. The summed E-state index contributed by atoms with van der Waals surface area (Å²) < 4.78 is 1.88. The molecule has 7 heteroatoms. The van der Waals surface area contributed by atoms with Crippen molar-refractivity contribution < 1.29 is 9.90 Å². The van der Waals surface area contributed by atoms with Gasteiger partial charge in [-0.25, -0.2) is 9.97 Å². The van der Waals surface area contributed by atoms with Gasteiger partial charge in [0.2, 0.25) is 0 Å². The molecular formula is C16H22N4O2S. The van der Waals surface area contributed by atoms with Gasteiger partial charge in [0.15, 0.2) is 0 Å². The molecule has 0 atom stereocenters. The summed E-state index contributed by atoms with van der Waals surface area (Å²) in [6, 6.07) is 0. The summed E-state index contributed by atoms with van der Waals surface area (Å²) in [6.07, 6.45) is 8.36. The van der Waals surface area contributed by atoms with Gasteiger partial charge in [-0.2, -0.15) is 0 Å². The molecule has 1 aliphatic heterocycles. The molecule has 0 unspecified atom stereocenters. The first-order valence-corrected chi connectivity index (χ1v) is 8.89. The van der Waals surface area contributed by atoms with E-state index in [0.29, 0.717) is 38.2 Å². The number of aryl methyl sites for hydroxylation is 1. The van der Waals surface area contributed by atoms with E-state index in [1.165, 1.54) is 0 Å². The lowest BCUT2D eigenvalue weighted by molar-refractivity contribution is -0.0293. The first-order valence-electron chi connectivity index (χ1n) is 8.01. The number of carbonyl (C=O) groups is 1. The Labute approximate surface area is 139 Å². The molecule has 2 aromatic heterocycles. The van der Waals surface area contributed by atoms with E-state index in [1.54, 1.807) is 28.8 Å². The molecule has 23 heavy (non-hydrogen) atoms. The van der Waals surface area contributed by atoms with Crippen molar-refractivity contribution in [3.05, 3.63) is 34.8 Å². The molecule has 0 bridgehead atoms. The fraction of sp³-hybridized carbons (Fsp3) is 0.562. The van der Waals surface area contributed by atoms with Crippen molar-refractivity contribution in [2.75, 3.05) is 13.1 Å². The van der Waals surface area contributed by atoms with Gasteiger partial charge in [0.1, 0.15) is 5.69 Å². The van der Waals surface area contributed by atoms with Gasteiger partial charge < -0.3 is 14.6 Å². The highest BCUT2D eigenvalue weighted by atomic mass is 32.1. The molecule has 0 spiro atoms. The van der Waals surface area contributed by atoms with Crippen molar-refractivity contribution in [2.24, 2.45) is 0 Å². The number of piperidine rings is 1. The van der Waals surface area contributed by atoms with Gasteiger partial charge in [-0.1, -0.05) is 6.92 Å². The SMILES string of the molecule is CCCc1nc(C(=O)N2CCC(O)(Cn3ccnc3)CC2)cs1. The predicted molar refractivity (Wildman–Crippen MR) is 88.4 cm³/mol. The molecule has 6 nitrogen and oxygen atoms in total. The van der Waals surface area contributed by atoms with Crippen molar-refractivity contribution in [2.45, 2.75) is 44.8 Å². The number of imidazole rings is 1. The third kappa shape index (κ3) is 3.79. The first kappa shape index (κ1) is 16.1. The van der Waals surface area contributed by atoms with Crippen LogP contribution < -0.4 is 0 Å². The number of aromatic nitrogens is 3. The molecule has 1 aliphatic rings. The predicted octanol–water partition coefficient (Wildman–Crippen LogP) is 1.96. The Morgan fingerprint density at radius 3 is 2.87 bits per heavy atom. The Kier molecular flexibility index (Phi) is 4.77. The number of carbonyl (C=O) groups excluding carboxylic acids is 1. The maximum atomic E-state index is 12.5. The second kappa shape index (κ2) is 6.80. The highest BCUT2D eigenvalue weighted by Crippen LogP contribution is 2.25. The Bertz CT molecular complexity index is 645. The van der Waals surface area contributed by atoms with E-state index in [0.717, 1.165) is 17.8 Å². The third-order valence-electron chi connectivity index (χ3n) is 4.25. The summed E-state index contributed by atoms with van der Waals surface area (Å²) in [4.78, 5) is 22.7. The van der Waals surface area contributed by atoms with Crippen molar-refractivity contribution in [1.82, 2.24) is 19.4 Å². The van der Waals surface area contributed by atoms with Crippen LogP contribution in [-0.4, -0.2) is 49.1 Å². The maximum Gasteiger partial charge on any atom is 0.273 e. The van der Waals surface area contributed by atoms with E-state index in [-0.39, 0.29) is 5.91 Å². The van der Waals surface area contributed by atoms with Crippen molar-refractivity contribution in [3.8, 4) is 0 Å². The molecule has 1 saturated heterocycles. The molecule has 0 aliphatic carbocycles. The lowest BCUT2D eigenvalue weighted by atomic mass is 9.91. The monoisotopic (exact) mass is 334 g/mol. The molecule has 1 N–H and O–H groups in total. The summed E-state index contributed by atoms with van der Waals surface area (Å²) in [5.74, 6) is -0.0201. The minimum absolute atomic E-state index is 0.0201. The van der Waals surface area contributed by atoms with Gasteiger partial charge >= 0.3 is 0 Å². The van der Waals surface area contributed by atoms with Gasteiger partial charge in [0.25, 0.3) is 5.91 Å². The average Bonchev–Trinajstić information content (AvgIpc) is 3.19. The number of nitrogens with zero attached hydrogens (tertiary/aromatic N) is 4. The van der Waals surface area contributed by atoms with Crippen molar-refractivity contribution in [3.63, 3.8) is 0 Å². The lowest BCUT2D eigenvalue weighted by Crippen LogP contribution is -2.48. The topological polar surface area (TPSA) is 71.2 Å². The first-order chi connectivity index (χ1) is 11.1. The van der Waals surface area contributed by atoms with Crippen LogP contribution in [-0.2, 0) is 13.0 Å². The second-order valence-electron chi connectivity index (χ2n) is 6.13. The summed E-state index contributed by atoms with van der Waals surface area (Å²) in [5.41, 5.74) is -0.231. The number of likely N-dealkylation sites (tertiary alicyclic amines) is 1. The van der Waals surface area contributed by atoms with Crippen LogP contribution in [0.5, 0.6) is 0 Å². The van der Waals surface area contributed by atoms with Gasteiger partial charge in [-0.3, -0.25) is 4.79 Å². The smallest absolute Gasteiger partial charge is 0.273 e. The zero-order valence-electron chi connectivity index (χ0n) is 13.3. The van der Waals surface area contributed by atoms with Crippen LogP contribution in [0, 0.1) is 0 Å². The fourth-order valence-corrected chi connectivity index (χ4v) is 3.78. The number of thiazole rings is 1. The highest BCUT2D eigenvalue weighted by Gasteiger charge is 2.34. The van der Waals surface area contributed by atoms with Crippen LogP contribution in [0.4, 0.5) is 0 Å². The van der Waals surface area contributed by atoms with Crippen LogP contribution in [0.15, 0.2) is 24.1 Å². The quantitative estimate of drug-likeness (QED) is 0.907. The maximum absolute atomic E-state index is 12.5. The Morgan fingerprint density at radius 1 is 1.43 bits per heavy atom. The minimum Gasteiger partial charge on any atom is -0.388 e. The van der Waals surface area contributed by atoms with Crippen LogP contribution >= 0.6 is 11.3 Å². The summed E-state index contributed by atoms with van der Waals surface area (Å²) >= 11 is 1.55. The number of hydrogen-bond acceptors (Lipinski definition) is 5. The van der Waals surface area contributed by atoms with E-state index >= 15 is 0 Å². The molecule has 0 saturated carbocycles. The molecule has 1 amide bonds. The van der Waals surface area contributed by atoms with Gasteiger partial charge in [0, 0.05) is 30.9 Å². The zero-order valence-corrected chi connectivity index (χ0v) is 14.1. The molecular weight excluding hydrogens is 312 g/mol. The molecule has 2 aromatic rings. The van der Waals surface area contributed by atoms with Gasteiger partial charge in [0.05, 0.1) is 23.5 Å². The molecule has 0 aromatic carbocycles. The van der Waals surface area contributed by atoms with Crippen LogP contribution in [0.25, 0.3) is 0 Å². The molecule has 3 heterocycles. The summed E-state index contributed by atoms with van der Waals surface area (Å²) in [7, 11) is 0. The molecule has 124 valence electrons. The number of rotatable bonds is 5. The number of hydrogen-bond donors (Lipinski definition) is 1. The fourth-order valence-electron chi connectivity index (χ4n) is 2.90. The number of aliphatic hydroxyl groups is 1. The van der Waals surface area contributed by atoms with Gasteiger partial charge in [-0.15, -0.1) is 11.3 Å². The second-order valence-corrected chi connectivity index (χ2v) is 7.07. The molecule has 3 rings (SSSR count). The molecule has 1 fully saturated rings. The van der Waals surface area contributed by atoms with E-state index in [4.69, 9.17) is 0 Å². The third-order valence-corrected chi connectivity index (χ3v) is 5.16. The summed E-state index contributed by atoms with van der Waals surface area (Å²) in [5, 5.41) is 13.6. The minimum atomic E-state index is -0.771. The molecule has 0 radical (unpaired) electrons. The normalized spacial score (nSPS) is 17.4. The van der Waals surface area contributed by atoms with Crippen LogP contribution in [0.2, 0.25) is 0 Å². The Morgan fingerprint density at radius 2 is 2.22 bits per heavy atom. The van der Waals surface area contributed by atoms with Crippen molar-refractivity contribution in [1.29, 1.82) is 0 Å². The Balaban J connectivity index is 1.58. The Hall–Kier alpha value is -1.73. The van der Waals surface area contributed by atoms with Gasteiger partial charge in [-0.05, 0) is 25.7 Å². The van der Waals surface area contributed by atoms with E-state index in [9.17, 15) is 9.90 Å².